The molecular weight excluding hydrogens is 458 g/mol. The quantitative estimate of drug-likeness (QED) is 0.468. The van der Waals surface area contributed by atoms with E-state index < -0.39 is 47.7 Å². The van der Waals surface area contributed by atoms with Gasteiger partial charge in [-0.25, -0.2) is 9.40 Å². The Kier molecular flexibility index (Phi) is 6.31. The number of fused-ring (bicyclic) bond motifs is 1. The first-order valence-electron chi connectivity index (χ1n) is 10.2. The minimum Gasteiger partial charge on any atom is -0.292 e. The molecule has 1 aliphatic carbocycles. The van der Waals surface area contributed by atoms with Crippen LogP contribution in [-0.2, 0) is 9.59 Å². The number of rotatable bonds is 5. The molecule has 1 heterocycles. The summed E-state index contributed by atoms with van der Waals surface area (Å²) in [4.78, 5) is 52.6. The zero-order chi connectivity index (χ0) is 23.0. The Labute approximate surface area is 193 Å². The molecule has 0 radical (unpaired) electrons. The van der Waals surface area contributed by atoms with Crippen LogP contribution in [0.3, 0.4) is 0 Å². The Hall–Kier alpha value is -2.77. The van der Waals surface area contributed by atoms with E-state index in [0.29, 0.717) is 17.9 Å². The zero-order valence-electron chi connectivity index (χ0n) is 16.9. The van der Waals surface area contributed by atoms with Gasteiger partial charge in [0.05, 0.1) is 22.4 Å². The van der Waals surface area contributed by atoms with Crippen molar-refractivity contribution in [3.05, 3.63) is 69.5 Å². The van der Waals surface area contributed by atoms with Gasteiger partial charge in [0.2, 0.25) is 0 Å². The number of amides is 3. The molecule has 0 bridgehead atoms. The lowest BCUT2D eigenvalue weighted by molar-refractivity contribution is -0.154. The van der Waals surface area contributed by atoms with Gasteiger partial charge < -0.3 is 0 Å². The van der Waals surface area contributed by atoms with Gasteiger partial charge in [0.15, 0.2) is 5.78 Å². The molecule has 2 fully saturated rings. The third-order valence-electron chi connectivity index (χ3n) is 5.91. The number of carbonyl (C=O) groups excluding carboxylic acids is 4. The Bertz CT molecular complexity index is 1080. The van der Waals surface area contributed by atoms with Crippen LogP contribution in [0.5, 0.6) is 0 Å². The van der Waals surface area contributed by atoms with Crippen molar-refractivity contribution in [3.63, 3.8) is 0 Å². The van der Waals surface area contributed by atoms with E-state index >= 15 is 0 Å². The van der Waals surface area contributed by atoms with Gasteiger partial charge in [-0.3, -0.25) is 19.2 Å². The number of hydrogen-bond acceptors (Lipinski definition) is 4. The molecule has 4 rings (SSSR count). The lowest BCUT2D eigenvalue weighted by atomic mass is 9.81. The Morgan fingerprint density at radius 2 is 1.56 bits per heavy atom. The second-order valence-electron chi connectivity index (χ2n) is 7.90. The maximum atomic E-state index is 13.4. The average molecular weight is 477 g/mol. The van der Waals surface area contributed by atoms with Gasteiger partial charge in [-0.05, 0) is 55.3 Å². The summed E-state index contributed by atoms with van der Waals surface area (Å²) in [5, 5.41) is 1.98. The number of benzene rings is 2. The van der Waals surface area contributed by atoms with E-state index in [1.54, 1.807) is 0 Å². The van der Waals surface area contributed by atoms with E-state index in [1.807, 2.05) is 0 Å². The third kappa shape index (κ3) is 4.14. The van der Waals surface area contributed by atoms with Crippen LogP contribution in [0.25, 0.3) is 0 Å². The van der Waals surface area contributed by atoms with Crippen molar-refractivity contribution in [1.29, 1.82) is 0 Å². The second kappa shape index (κ2) is 9.00. The molecule has 0 unspecified atom stereocenters. The van der Waals surface area contributed by atoms with Crippen LogP contribution in [0.2, 0.25) is 10.0 Å². The van der Waals surface area contributed by atoms with Crippen LogP contribution in [-0.4, -0.2) is 40.1 Å². The maximum Gasteiger partial charge on any atom is 0.274 e. The molecule has 9 heteroatoms. The highest BCUT2D eigenvalue weighted by atomic mass is 35.5. The topological polar surface area (TPSA) is 74.8 Å². The van der Waals surface area contributed by atoms with Crippen LogP contribution >= 0.6 is 23.2 Å². The number of hydrogen-bond donors (Lipinski definition) is 0. The van der Waals surface area contributed by atoms with E-state index in [1.165, 1.54) is 30.3 Å². The van der Waals surface area contributed by atoms with Gasteiger partial charge in [-0.15, -0.1) is 0 Å². The molecule has 0 aromatic heterocycles. The van der Waals surface area contributed by atoms with E-state index in [9.17, 15) is 23.6 Å². The number of imide groups is 1. The van der Waals surface area contributed by atoms with E-state index in [-0.39, 0.29) is 16.1 Å². The predicted octanol–water partition coefficient (Wildman–Crippen LogP) is 4.55. The molecule has 6 nitrogen and oxygen atoms in total. The van der Waals surface area contributed by atoms with Gasteiger partial charge in [0.25, 0.3) is 17.7 Å². The summed E-state index contributed by atoms with van der Waals surface area (Å²) in [6.45, 7) is -0.583. The van der Waals surface area contributed by atoms with Crippen molar-refractivity contribution >= 4 is 46.7 Å². The molecule has 3 amide bonds. The first-order valence-corrected chi connectivity index (χ1v) is 11.0. The van der Waals surface area contributed by atoms with Gasteiger partial charge in [0, 0.05) is 10.6 Å². The Morgan fingerprint density at radius 1 is 0.969 bits per heavy atom. The lowest BCUT2D eigenvalue weighted by Gasteiger charge is -2.30. The van der Waals surface area contributed by atoms with Crippen molar-refractivity contribution < 1.29 is 23.6 Å². The van der Waals surface area contributed by atoms with E-state index in [0.717, 1.165) is 35.0 Å². The average Bonchev–Trinajstić information content (AvgIpc) is 3.02. The largest absolute Gasteiger partial charge is 0.292 e. The summed E-state index contributed by atoms with van der Waals surface area (Å²) in [5.41, 5.74) is 0.140. The van der Waals surface area contributed by atoms with E-state index in [2.05, 4.69) is 0 Å². The monoisotopic (exact) mass is 476 g/mol. The smallest absolute Gasteiger partial charge is 0.274 e. The fraction of sp³-hybridized carbons (Fsp3) is 0.304. The first kappa shape index (κ1) is 22.4. The first-order chi connectivity index (χ1) is 15.3. The summed E-state index contributed by atoms with van der Waals surface area (Å²) >= 11 is 12.1. The summed E-state index contributed by atoms with van der Waals surface area (Å²) in [6, 6.07) is 9.00. The van der Waals surface area contributed by atoms with E-state index in [4.69, 9.17) is 23.2 Å². The number of Topliss-reactive ketones (excluding diaryl/α,β-unsaturated/α-hetero) is 1. The second-order valence-corrected chi connectivity index (χ2v) is 8.75. The summed E-state index contributed by atoms with van der Waals surface area (Å²) < 4.78 is 13.3. The summed E-state index contributed by atoms with van der Waals surface area (Å²) in [7, 11) is 0. The molecule has 2 aromatic rings. The SMILES string of the molecule is O=C(CN(C(=O)c1ccc(Cl)cc1Cl)N1C(=O)[C@H]2CCCC[C@H]2C1=O)c1ccc(F)cc1. The van der Waals surface area contributed by atoms with Crippen LogP contribution in [0.4, 0.5) is 4.39 Å². The van der Waals surface area contributed by atoms with Crippen LogP contribution in [0.1, 0.15) is 46.4 Å². The summed E-state index contributed by atoms with van der Waals surface area (Å²) in [5.74, 6) is -3.85. The van der Waals surface area contributed by atoms with Crippen molar-refractivity contribution in [2.75, 3.05) is 6.54 Å². The van der Waals surface area contributed by atoms with Gasteiger partial charge in [0.1, 0.15) is 12.4 Å². The van der Waals surface area contributed by atoms with Crippen molar-refractivity contribution in [2.24, 2.45) is 11.8 Å². The normalized spacial score (nSPS) is 20.3. The zero-order valence-corrected chi connectivity index (χ0v) is 18.4. The highest BCUT2D eigenvalue weighted by Gasteiger charge is 2.52. The minimum atomic E-state index is -0.775. The summed E-state index contributed by atoms with van der Waals surface area (Å²) in [6.07, 6.45) is 2.75. The van der Waals surface area contributed by atoms with Gasteiger partial charge in [-0.2, -0.15) is 5.01 Å². The fourth-order valence-electron chi connectivity index (χ4n) is 4.28. The molecule has 2 aliphatic rings. The number of ketones is 1. The molecule has 0 spiro atoms. The highest BCUT2D eigenvalue weighted by Crippen LogP contribution is 2.39. The molecule has 1 saturated carbocycles. The van der Waals surface area contributed by atoms with Crippen molar-refractivity contribution in [2.45, 2.75) is 25.7 Å². The predicted molar refractivity (Wildman–Crippen MR) is 116 cm³/mol. The molecule has 32 heavy (non-hydrogen) atoms. The van der Waals surface area contributed by atoms with Crippen molar-refractivity contribution in [1.82, 2.24) is 10.0 Å². The Morgan fingerprint density at radius 3 is 2.12 bits per heavy atom. The molecule has 166 valence electrons. The minimum absolute atomic E-state index is 0.00144. The standard InChI is InChI=1S/C23H19Cl2FN2O4/c24-14-7-10-18(19(25)11-14)21(30)27(12-20(29)13-5-8-15(26)9-6-13)28-22(31)16-3-1-2-4-17(16)23(28)32/h5-11,16-17H,1-4,12H2/t16-,17+. The van der Waals surface area contributed by atoms with Crippen LogP contribution < -0.4 is 0 Å². The molecule has 2 aromatic carbocycles. The maximum absolute atomic E-state index is 13.4. The molecule has 0 N–H and O–H groups in total. The number of nitrogens with zero attached hydrogens (tertiary/aromatic N) is 2. The van der Waals surface area contributed by atoms with Crippen molar-refractivity contribution in [3.8, 4) is 0 Å². The highest BCUT2D eigenvalue weighted by molar-refractivity contribution is 6.36. The fourth-order valence-corrected chi connectivity index (χ4v) is 4.77. The molecule has 1 saturated heterocycles. The third-order valence-corrected chi connectivity index (χ3v) is 6.46. The molecular formula is C23H19Cl2FN2O4. The van der Waals surface area contributed by atoms with Gasteiger partial charge >= 0.3 is 0 Å². The number of hydrazine groups is 1. The number of halogens is 3. The Balaban J connectivity index is 1.71. The number of carbonyl (C=O) groups is 4. The lowest BCUT2D eigenvalue weighted by Crippen LogP contribution is -2.52. The molecule has 1 aliphatic heterocycles. The van der Waals surface area contributed by atoms with Crippen LogP contribution in [0, 0.1) is 17.7 Å². The van der Waals surface area contributed by atoms with Crippen LogP contribution in [0.15, 0.2) is 42.5 Å². The molecule has 2 atom stereocenters. The van der Waals surface area contributed by atoms with Gasteiger partial charge in [-0.1, -0.05) is 36.0 Å².